The van der Waals surface area contributed by atoms with Crippen LogP contribution in [0.4, 0.5) is 11.4 Å². The largest absolute Gasteiger partial charge is 0.507 e. The summed E-state index contributed by atoms with van der Waals surface area (Å²) in [6, 6.07) is 19.5. The summed E-state index contributed by atoms with van der Waals surface area (Å²) < 4.78 is 5.87. The smallest absolute Gasteiger partial charge is 0.236 e. The fraction of sp³-hybridized carbons (Fsp3) is 0.500. The van der Waals surface area contributed by atoms with Crippen molar-refractivity contribution in [3.63, 3.8) is 0 Å². The molecule has 3 amide bonds. The van der Waals surface area contributed by atoms with Gasteiger partial charge in [0.1, 0.15) is 11.2 Å². The normalized spacial score (nSPS) is 21.1. The highest BCUT2D eigenvalue weighted by molar-refractivity contribution is 6.01. The number of imide groups is 1. The number of hydrogen-bond acceptors (Lipinski definition) is 11. The Hall–Kier alpha value is -5.30. The third-order valence-corrected chi connectivity index (χ3v) is 13.1. The molecule has 4 aliphatic rings. The molecule has 8 rings (SSSR count). The standard InChI is InChI=1S/C44H54N8O5/c1-30-27-40(57-48-30)44(18-25-52(26-19-44)35-28-38(47-45-29-35)37-5-3-4-6-39(37)53)43(56)49(2)33-16-21-50(22-17-33)20-13-31-14-23-51(24-15-31)34-9-7-32(8-10-34)36-11-12-41(54)46-42(36)55/h3-10,27-29,31,33,36,53H,11-26H2,1-2H3,(H,46,54,55)/t36-/m1/s1. The van der Waals surface area contributed by atoms with Crippen LogP contribution < -0.4 is 15.1 Å². The van der Waals surface area contributed by atoms with Crippen molar-refractivity contribution in [2.45, 2.75) is 82.1 Å². The van der Waals surface area contributed by atoms with Crippen LogP contribution in [0.2, 0.25) is 0 Å². The summed E-state index contributed by atoms with van der Waals surface area (Å²) in [6.07, 6.45) is 9.30. The minimum Gasteiger partial charge on any atom is -0.507 e. The summed E-state index contributed by atoms with van der Waals surface area (Å²) in [6.45, 7) is 8.29. The molecule has 1 atom stereocenters. The van der Waals surface area contributed by atoms with E-state index in [-0.39, 0.29) is 35.4 Å². The number of aromatic hydroxyl groups is 1. The van der Waals surface area contributed by atoms with Crippen LogP contribution in [-0.4, -0.2) is 107 Å². The number of phenols is 1. The molecule has 300 valence electrons. The fourth-order valence-corrected chi connectivity index (χ4v) is 9.46. The number of aryl methyl sites for hydroxylation is 1. The van der Waals surface area contributed by atoms with Gasteiger partial charge in [-0.3, -0.25) is 19.7 Å². The van der Waals surface area contributed by atoms with Gasteiger partial charge in [-0.2, -0.15) is 10.2 Å². The molecule has 4 fully saturated rings. The molecule has 0 unspecified atom stereocenters. The van der Waals surface area contributed by atoms with Gasteiger partial charge in [0.05, 0.1) is 29.2 Å². The zero-order valence-electron chi connectivity index (χ0n) is 33.1. The number of carbonyl (C=O) groups excluding carboxylic acids is 3. The molecule has 0 radical (unpaired) electrons. The van der Waals surface area contributed by atoms with Gasteiger partial charge in [0.25, 0.3) is 0 Å². The molecule has 4 aromatic rings. The van der Waals surface area contributed by atoms with Gasteiger partial charge in [0.15, 0.2) is 5.76 Å². The summed E-state index contributed by atoms with van der Waals surface area (Å²) in [5.41, 5.74) is 4.29. The molecular weight excluding hydrogens is 721 g/mol. The van der Waals surface area contributed by atoms with E-state index >= 15 is 0 Å². The van der Waals surface area contributed by atoms with E-state index in [1.54, 1.807) is 18.3 Å². The number of amides is 3. The average Bonchev–Trinajstić information content (AvgIpc) is 3.70. The molecule has 0 saturated carbocycles. The van der Waals surface area contributed by atoms with Crippen molar-refractivity contribution < 1.29 is 24.0 Å². The second-order valence-electron chi connectivity index (χ2n) is 16.5. The summed E-state index contributed by atoms with van der Waals surface area (Å²) in [4.78, 5) is 47.8. The lowest BCUT2D eigenvalue weighted by atomic mass is 9.74. The SMILES string of the molecule is Cc1cc(C2(C(=O)N(C)C3CCN(CCC4CCN(c5ccc([C@H]6CCC(=O)NC6=O)cc5)CC4)CC3)CCN(c3cnnc(-c4ccccc4O)c3)CC2)on1. The average molecular weight is 775 g/mol. The molecule has 4 aliphatic heterocycles. The summed E-state index contributed by atoms with van der Waals surface area (Å²) in [5, 5.41) is 25.6. The minimum atomic E-state index is -0.797. The van der Waals surface area contributed by atoms with Crippen molar-refractivity contribution in [2.24, 2.45) is 5.92 Å². The zero-order chi connectivity index (χ0) is 39.5. The van der Waals surface area contributed by atoms with E-state index in [4.69, 9.17) is 4.52 Å². The van der Waals surface area contributed by atoms with Crippen LogP contribution in [-0.2, 0) is 19.8 Å². The number of nitrogens with one attached hydrogen (secondary N) is 1. The van der Waals surface area contributed by atoms with Crippen LogP contribution in [0.25, 0.3) is 11.3 Å². The summed E-state index contributed by atoms with van der Waals surface area (Å²) in [7, 11) is 1.97. The maximum Gasteiger partial charge on any atom is 0.236 e. The van der Waals surface area contributed by atoms with Gasteiger partial charge in [-0.25, -0.2) is 0 Å². The van der Waals surface area contributed by atoms with Crippen LogP contribution in [0.15, 0.2) is 71.4 Å². The van der Waals surface area contributed by atoms with Gasteiger partial charge in [-0.1, -0.05) is 29.4 Å². The molecular formula is C44H54N8O5. The second kappa shape index (κ2) is 16.7. The number of nitrogens with zero attached hydrogens (tertiary/aromatic N) is 7. The topological polar surface area (TPSA) is 148 Å². The van der Waals surface area contributed by atoms with E-state index in [1.165, 1.54) is 24.9 Å². The molecule has 0 bridgehead atoms. The molecule has 57 heavy (non-hydrogen) atoms. The van der Waals surface area contributed by atoms with Gasteiger partial charge in [0.2, 0.25) is 17.7 Å². The van der Waals surface area contributed by atoms with E-state index in [0.29, 0.717) is 61.7 Å². The Labute approximate surface area is 334 Å². The quantitative estimate of drug-likeness (QED) is 0.199. The molecule has 2 N–H and O–H groups in total. The first-order valence-corrected chi connectivity index (χ1v) is 20.6. The lowest BCUT2D eigenvalue weighted by Crippen LogP contribution is -2.55. The number of aromatic nitrogens is 3. The highest BCUT2D eigenvalue weighted by atomic mass is 16.5. The van der Waals surface area contributed by atoms with Crippen molar-refractivity contribution >= 4 is 29.1 Å². The van der Waals surface area contributed by atoms with Gasteiger partial charge >= 0.3 is 0 Å². The molecule has 2 aromatic heterocycles. The number of likely N-dealkylation sites (N-methyl/N-ethyl adjacent to an activating group) is 1. The van der Waals surface area contributed by atoms with E-state index in [0.717, 1.165) is 62.5 Å². The first kappa shape index (κ1) is 38.6. The van der Waals surface area contributed by atoms with Crippen LogP contribution in [0.5, 0.6) is 5.75 Å². The van der Waals surface area contributed by atoms with E-state index < -0.39 is 5.41 Å². The first-order valence-electron chi connectivity index (χ1n) is 20.6. The Morgan fingerprint density at radius 2 is 1.63 bits per heavy atom. The number of carbonyl (C=O) groups is 3. The lowest BCUT2D eigenvalue weighted by molar-refractivity contribution is -0.141. The summed E-state index contributed by atoms with van der Waals surface area (Å²) >= 11 is 0. The number of likely N-dealkylation sites (tertiary alicyclic amines) is 1. The predicted molar refractivity (Wildman–Crippen MR) is 217 cm³/mol. The number of para-hydroxylation sites is 1. The number of hydrogen-bond donors (Lipinski definition) is 2. The lowest BCUT2D eigenvalue weighted by Gasteiger charge is -2.44. The van der Waals surface area contributed by atoms with Crippen LogP contribution in [0, 0.1) is 12.8 Å². The van der Waals surface area contributed by atoms with Gasteiger partial charge in [-0.15, -0.1) is 0 Å². The highest BCUT2D eigenvalue weighted by Gasteiger charge is 2.49. The first-order chi connectivity index (χ1) is 27.7. The summed E-state index contributed by atoms with van der Waals surface area (Å²) in [5.74, 6) is 0.992. The monoisotopic (exact) mass is 774 g/mol. The van der Waals surface area contributed by atoms with Crippen molar-refractivity contribution in [1.29, 1.82) is 0 Å². The third-order valence-electron chi connectivity index (χ3n) is 13.1. The van der Waals surface area contributed by atoms with Crippen LogP contribution >= 0.6 is 0 Å². The van der Waals surface area contributed by atoms with E-state index in [2.05, 4.69) is 47.5 Å². The Kier molecular flexibility index (Phi) is 11.3. The van der Waals surface area contributed by atoms with Crippen molar-refractivity contribution in [3.8, 4) is 17.0 Å². The Bertz CT molecular complexity index is 2040. The third kappa shape index (κ3) is 8.25. The van der Waals surface area contributed by atoms with Crippen LogP contribution in [0.3, 0.4) is 0 Å². The molecule has 6 heterocycles. The number of rotatable bonds is 10. The van der Waals surface area contributed by atoms with Gasteiger partial charge < -0.3 is 29.2 Å². The van der Waals surface area contributed by atoms with E-state index in [9.17, 15) is 19.5 Å². The Morgan fingerprint density at radius 3 is 2.32 bits per heavy atom. The second-order valence-corrected chi connectivity index (χ2v) is 16.5. The Balaban J connectivity index is 0.818. The van der Waals surface area contributed by atoms with Gasteiger partial charge in [0, 0.05) is 76.1 Å². The number of phenolic OH excluding ortho intramolecular Hbond substituents is 1. The number of benzene rings is 2. The predicted octanol–water partition coefficient (Wildman–Crippen LogP) is 5.43. The van der Waals surface area contributed by atoms with Gasteiger partial charge in [-0.05, 0) is 107 Å². The number of anilines is 2. The Morgan fingerprint density at radius 1 is 0.912 bits per heavy atom. The van der Waals surface area contributed by atoms with Crippen LogP contribution in [0.1, 0.15) is 80.7 Å². The number of piperidine rings is 4. The van der Waals surface area contributed by atoms with Crippen molar-refractivity contribution in [2.75, 3.05) is 62.7 Å². The van der Waals surface area contributed by atoms with Crippen molar-refractivity contribution in [3.05, 3.63) is 83.9 Å². The fourth-order valence-electron chi connectivity index (χ4n) is 9.46. The van der Waals surface area contributed by atoms with E-state index in [1.807, 2.05) is 55.3 Å². The zero-order valence-corrected chi connectivity index (χ0v) is 33.1. The molecule has 0 spiro atoms. The molecule has 13 heteroatoms. The molecule has 13 nitrogen and oxygen atoms in total. The highest BCUT2D eigenvalue weighted by Crippen LogP contribution is 2.41. The molecule has 2 aromatic carbocycles. The molecule has 0 aliphatic carbocycles. The maximum absolute atomic E-state index is 14.6. The maximum atomic E-state index is 14.6. The van der Waals surface area contributed by atoms with Crippen molar-refractivity contribution in [1.82, 2.24) is 30.5 Å². The minimum absolute atomic E-state index is 0.108. The molecule has 4 saturated heterocycles.